The summed E-state index contributed by atoms with van der Waals surface area (Å²) in [7, 11) is 0. The summed E-state index contributed by atoms with van der Waals surface area (Å²) >= 11 is 0. The Morgan fingerprint density at radius 3 is 2.17 bits per heavy atom. The number of nitrogens with one attached hydrogen (secondary N) is 1. The van der Waals surface area contributed by atoms with E-state index in [4.69, 9.17) is 4.84 Å². The van der Waals surface area contributed by atoms with Crippen molar-refractivity contribution < 1.29 is 19.2 Å². The number of rotatable bonds is 2. The number of fused-ring (bicyclic) bond motifs is 1. The fraction of sp³-hybridized carbons (Fsp3) is 0.250. The van der Waals surface area contributed by atoms with Gasteiger partial charge in [0, 0.05) is 13.1 Å². The first kappa shape index (κ1) is 10.9. The summed E-state index contributed by atoms with van der Waals surface area (Å²) in [6.07, 6.45) is 0. The molecule has 0 unspecified atom stereocenters. The van der Waals surface area contributed by atoms with Crippen molar-refractivity contribution in [2.45, 2.75) is 0 Å². The van der Waals surface area contributed by atoms with E-state index >= 15 is 0 Å². The Morgan fingerprint density at radius 1 is 1.17 bits per heavy atom. The summed E-state index contributed by atoms with van der Waals surface area (Å²) in [5.74, 6) is -2.01. The van der Waals surface area contributed by atoms with Gasteiger partial charge in [0.2, 0.25) is 0 Å². The largest absolute Gasteiger partial charge is 0.338 e. The Morgan fingerprint density at radius 2 is 1.72 bits per heavy atom. The number of nitrogens with zero attached hydrogens (tertiary/aromatic N) is 1. The van der Waals surface area contributed by atoms with Gasteiger partial charge in [-0.3, -0.25) is 9.59 Å². The van der Waals surface area contributed by atoms with Gasteiger partial charge in [0.1, 0.15) is 0 Å². The minimum Gasteiger partial charge on any atom is -0.329 e. The fourth-order valence-corrected chi connectivity index (χ4v) is 1.87. The number of amides is 2. The lowest BCUT2D eigenvalue weighted by Gasteiger charge is -2.25. The quantitative estimate of drug-likeness (QED) is 0.741. The van der Waals surface area contributed by atoms with Gasteiger partial charge in [-0.1, -0.05) is 17.2 Å². The molecule has 2 aliphatic rings. The normalized spacial score (nSPS) is 18.6. The molecule has 1 N–H and O–H groups in total. The van der Waals surface area contributed by atoms with Gasteiger partial charge in [0.15, 0.2) is 0 Å². The predicted molar refractivity (Wildman–Crippen MR) is 59.4 cm³/mol. The van der Waals surface area contributed by atoms with Gasteiger partial charge in [0.25, 0.3) is 11.8 Å². The van der Waals surface area contributed by atoms with Gasteiger partial charge < -0.3 is 10.2 Å². The van der Waals surface area contributed by atoms with Crippen molar-refractivity contribution in [2.24, 2.45) is 5.92 Å². The molecule has 18 heavy (non-hydrogen) atoms. The van der Waals surface area contributed by atoms with Crippen LogP contribution in [0.3, 0.4) is 0 Å². The lowest BCUT2D eigenvalue weighted by molar-refractivity contribution is -0.175. The first-order valence-electron chi connectivity index (χ1n) is 5.59. The molecule has 2 aliphatic heterocycles. The summed E-state index contributed by atoms with van der Waals surface area (Å²) in [5.41, 5.74) is 0.532. The van der Waals surface area contributed by atoms with E-state index in [2.05, 4.69) is 5.32 Å². The Balaban J connectivity index is 1.81. The topological polar surface area (TPSA) is 75.7 Å². The third-order valence-corrected chi connectivity index (χ3v) is 3.05. The Kier molecular flexibility index (Phi) is 2.38. The molecule has 1 aromatic carbocycles. The van der Waals surface area contributed by atoms with Crippen LogP contribution in [0.25, 0.3) is 0 Å². The number of imide groups is 1. The first-order chi connectivity index (χ1) is 8.68. The zero-order valence-corrected chi connectivity index (χ0v) is 9.38. The molecule has 0 atom stereocenters. The van der Waals surface area contributed by atoms with Crippen molar-refractivity contribution in [3.05, 3.63) is 35.4 Å². The van der Waals surface area contributed by atoms with Crippen LogP contribution in [0.4, 0.5) is 0 Å². The van der Waals surface area contributed by atoms with Gasteiger partial charge in [-0.2, -0.15) is 0 Å². The first-order valence-corrected chi connectivity index (χ1v) is 5.59. The standard InChI is InChI=1S/C12H10N2O4/c15-10-8-3-1-2-4-9(8)11(16)14(10)18-12(17)7-5-13-6-7/h1-4,7,13H,5-6H2. The Bertz CT molecular complexity index is 516. The smallest absolute Gasteiger partial charge is 0.329 e. The second-order valence-corrected chi connectivity index (χ2v) is 4.22. The van der Waals surface area contributed by atoms with Crippen molar-refractivity contribution in [3.8, 4) is 0 Å². The molecule has 0 bridgehead atoms. The Labute approximate surface area is 102 Å². The maximum atomic E-state index is 11.9. The van der Waals surface area contributed by atoms with E-state index in [0.717, 1.165) is 0 Å². The summed E-state index contributed by atoms with van der Waals surface area (Å²) < 4.78 is 0. The van der Waals surface area contributed by atoms with Gasteiger partial charge in [-0.15, -0.1) is 0 Å². The molecule has 3 rings (SSSR count). The number of hydroxylamine groups is 2. The van der Waals surface area contributed by atoms with Gasteiger partial charge in [0.05, 0.1) is 17.0 Å². The minimum atomic E-state index is -0.587. The highest BCUT2D eigenvalue weighted by Gasteiger charge is 2.40. The predicted octanol–water partition coefficient (Wildman–Crippen LogP) is -0.0398. The molecule has 0 aliphatic carbocycles. The summed E-state index contributed by atoms with van der Waals surface area (Å²) in [6.45, 7) is 1.03. The van der Waals surface area contributed by atoms with Crippen LogP contribution in [-0.4, -0.2) is 35.9 Å². The number of carbonyl (C=O) groups excluding carboxylic acids is 3. The molecule has 0 aromatic heterocycles. The van der Waals surface area contributed by atoms with Crippen LogP contribution in [0.1, 0.15) is 20.7 Å². The SMILES string of the molecule is O=C(ON1C(=O)c2ccccc2C1=O)C1CNC1. The van der Waals surface area contributed by atoms with Crippen LogP contribution >= 0.6 is 0 Å². The number of hydrogen-bond donors (Lipinski definition) is 1. The highest BCUT2D eigenvalue weighted by molar-refractivity contribution is 6.20. The van der Waals surface area contributed by atoms with Crippen LogP contribution in [0, 0.1) is 5.92 Å². The van der Waals surface area contributed by atoms with Crippen molar-refractivity contribution in [3.63, 3.8) is 0 Å². The molecule has 1 fully saturated rings. The zero-order valence-electron chi connectivity index (χ0n) is 9.38. The molecule has 1 aromatic rings. The number of carbonyl (C=O) groups is 3. The molecular weight excluding hydrogens is 236 g/mol. The third-order valence-electron chi connectivity index (χ3n) is 3.05. The van der Waals surface area contributed by atoms with E-state index in [0.29, 0.717) is 18.2 Å². The lowest BCUT2D eigenvalue weighted by Crippen LogP contribution is -2.49. The Hall–Kier alpha value is -2.21. The average Bonchev–Trinajstić information content (AvgIpc) is 2.53. The molecule has 0 spiro atoms. The number of benzene rings is 1. The van der Waals surface area contributed by atoms with E-state index in [1.54, 1.807) is 12.1 Å². The third kappa shape index (κ3) is 1.50. The molecule has 0 radical (unpaired) electrons. The molecule has 92 valence electrons. The van der Waals surface area contributed by atoms with Gasteiger partial charge in [-0.25, -0.2) is 4.79 Å². The van der Waals surface area contributed by atoms with Crippen molar-refractivity contribution >= 4 is 17.8 Å². The maximum Gasteiger partial charge on any atom is 0.338 e. The van der Waals surface area contributed by atoms with Crippen LogP contribution in [0.15, 0.2) is 24.3 Å². The van der Waals surface area contributed by atoms with Crippen LogP contribution in [0.5, 0.6) is 0 Å². The second-order valence-electron chi connectivity index (χ2n) is 4.22. The maximum absolute atomic E-state index is 11.9. The van der Waals surface area contributed by atoms with Crippen molar-refractivity contribution in [2.75, 3.05) is 13.1 Å². The summed E-state index contributed by atoms with van der Waals surface area (Å²) in [6, 6.07) is 6.39. The highest BCUT2D eigenvalue weighted by atomic mass is 16.7. The van der Waals surface area contributed by atoms with Crippen molar-refractivity contribution in [1.82, 2.24) is 10.4 Å². The molecule has 6 heteroatoms. The van der Waals surface area contributed by atoms with Crippen LogP contribution < -0.4 is 5.32 Å². The fourth-order valence-electron chi connectivity index (χ4n) is 1.87. The molecule has 1 saturated heterocycles. The zero-order chi connectivity index (χ0) is 12.7. The van der Waals surface area contributed by atoms with E-state index < -0.39 is 17.8 Å². The van der Waals surface area contributed by atoms with Crippen LogP contribution in [-0.2, 0) is 9.63 Å². The van der Waals surface area contributed by atoms with Gasteiger partial charge in [-0.05, 0) is 12.1 Å². The minimum absolute atomic E-state index is 0.266. The molecule has 2 amide bonds. The van der Waals surface area contributed by atoms with E-state index in [1.165, 1.54) is 12.1 Å². The molecule has 0 saturated carbocycles. The summed E-state index contributed by atoms with van der Waals surface area (Å²) in [4.78, 5) is 40.3. The van der Waals surface area contributed by atoms with Crippen LogP contribution in [0.2, 0.25) is 0 Å². The molecular formula is C12H10N2O4. The lowest BCUT2D eigenvalue weighted by atomic mass is 10.1. The second kappa shape index (κ2) is 3.92. The van der Waals surface area contributed by atoms with Crippen molar-refractivity contribution in [1.29, 1.82) is 0 Å². The number of hydrogen-bond acceptors (Lipinski definition) is 5. The van der Waals surface area contributed by atoms with E-state index in [1.807, 2.05) is 0 Å². The molecule has 2 heterocycles. The van der Waals surface area contributed by atoms with Gasteiger partial charge >= 0.3 is 5.97 Å². The average molecular weight is 246 g/mol. The highest BCUT2D eigenvalue weighted by Crippen LogP contribution is 2.23. The van der Waals surface area contributed by atoms with E-state index in [-0.39, 0.29) is 17.0 Å². The molecule has 6 nitrogen and oxygen atoms in total. The van der Waals surface area contributed by atoms with E-state index in [9.17, 15) is 14.4 Å². The summed E-state index contributed by atoms with van der Waals surface area (Å²) in [5, 5.41) is 3.46. The monoisotopic (exact) mass is 246 g/mol.